The lowest BCUT2D eigenvalue weighted by molar-refractivity contribution is 0.255. The molecular weight excluding hydrogens is 324 g/mol. The maximum absolute atomic E-state index is 4.66. The van der Waals surface area contributed by atoms with Crippen molar-refractivity contribution in [2.45, 2.75) is 6.42 Å². The average molecular weight is 355 g/mol. The molecule has 0 saturated carbocycles. The number of rotatable bonds is 7. The molecule has 0 N–H and O–H groups in total. The lowest BCUT2D eigenvalue weighted by atomic mass is 10.2. The highest BCUT2D eigenvalue weighted by Gasteiger charge is 2.18. The fraction of sp³-hybridized carbons (Fsp3) is 0.500. The Morgan fingerprint density at radius 3 is 2.38 bits per heavy atom. The van der Waals surface area contributed by atoms with Crippen LogP contribution in [0, 0.1) is 0 Å². The fourth-order valence-corrected chi connectivity index (χ4v) is 3.27. The summed E-state index contributed by atoms with van der Waals surface area (Å²) in [7, 11) is 6.12. The molecule has 0 bridgehead atoms. The molecule has 6 nitrogen and oxygen atoms in total. The molecule has 1 saturated heterocycles. The van der Waals surface area contributed by atoms with E-state index in [0.29, 0.717) is 0 Å². The molecule has 1 aromatic heterocycles. The predicted molar refractivity (Wildman–Crippen MR) is 109 cm³/mol. The van der Waals surface area contributed by atoms with Crippen LogP contribution in [-0.4, -0.2) is 75.3 Å². The molecule has 3 rings (SSSR count). The molecule has 1 aliphatic heterocycles. The Morgan fingerprint density at radius 1 is 0.962 bits per heavy atom. The van der Waals surface area contributed by atoms with Gasteiger partial charge in [-0.1, -0.05) is 18.2 Å². The normalized spacial score (nSPS) is 15.1. The standard InChI is InChI=1S/C20H30N6/c1-23(2)20-21-11-10-19(22-20)26-16-14-25(15-17-26)13-7-12-24(3)18-8-5-4-6-9-18/h4-6,8-11H,7,12-17H2,1-3H3. The van der Waals surface area contributed by atoms with Gasteiger partial charge in [0.2, 0.25) is 5.95 Å². The Balaban J connectivity index is 1.42. The summed E-state index contributed by atoms with van der Waals surface area (Å²) >= 11 is 0. The second-order valence-electron chi connectivity index (χ2n) is 7.05. The molecule has 2 heterocycles. The van der Waals surface area contributed by atoms with E-state index in [-0.39, 0.29) is 0 Å². The largest absolute Gasteiger partial charge is 0.375 e. The number of aromatic nitrogens is 2. The van der Waals surface area contributed by atoms with Crippen LogP contribution in [0.15, 0.2) is 42.6 Å². The maximum Gasteiger partial charge on any atom is 0.226 e. The van der Waals surface area contributed by atoms with Gasteiger partial charge in [-0.15, -0.1) is 0 Å². The van der Waals surface area contributed by atoms with Crippen molar-refractivity contribution in [2.75, 3.05) is 75.1 Å². The van der Waals surface area contributed by atoms with Crippen LogP contribution in [0.5, 0.6) is 0 Å². The number of anilines is 3. The van der Waals surface area contributed by atoms with Gasteiger partial charge in [-0.05, 0) is 31.2 Å². The molecule has 0 spiro atoms. The third-order valence-corrected chi connectivity index (χ3v) is 4.89. The summed E-state index contributed by atoms with van der Waals surface area (Å²) in [5.74, 6) is 1.81. The SMILES string of the molecule is CN(C)c1nccc(N2CCN(CCCN(C)c3ccccc3)CC2)n1. The zero-order valence-electron chi connectivity index (χ0n) is 16.2. The first kappa shape index (κ1) is 18.5. The number of hydrogen-bond acceptors (Lipinski definition) is 6. The van der Waals surface area contributed by atoms with Crippen molar-refractivity contribution < 1.29 is 0 Å². The third kappa shape index (κ3) is 4.85. The Hall–Kier alpha value is -2.34. The van der Waals surface area contributed by atoms with E-state index in [4.69, 9.17) is 0 Å². The summed E-state index contributed by atoms with van der Waals surface area (Å²) in [4.78, 5) is 18.2. The molecule has 0 unspecified atom stereocenters. The Morgan fingerprint density at radius 2 is 1.69 bits per heavy atom. The number of nitrogens with zero attached hydrogens (tertiary/aromatic N) is 6. The Bertz CT molecular complexity index is 667. The molecule has 0 atom stereocenters. The number of piperazine rings is 1. The van der Waals surface area contributed by atoms with Crippen LogP contribution in [0.2, 0.25) is 0 Å². The summed E-state index contributed by atoms with van der Waals surface area (Å²) in [6, 6.07) is 12.6. The van der Waals surface area contributed by atoms with E-state index in [2.05, 4.69) is 62.0 Å². The van der Waals surface area contributed by atoms with Crippen molar-refractivity contribution in [1.29, 1.82) is 0 Å². The fourth-order valence-electron chi connectivity index (χ4n) is 3.27. The summed E-state index contributed by atoms with van der Waals surface area (Å²) < 4.78 is 0. The van der Waals surface area contributed by atoms with E-state index in [1.807, 2.05) is 31.3 Å². The van der Waals surface area contributed by atoms with E-state index in [9.17, 15) is 0 Å². The third-order valence-electron chi connectivity index (χ3n) is 4.89. The van der Waals surface area contributed by atoms with Crippen LogP contribution in [-0.2, 0) is 0 Å². The van der Waals surface area contributed by atoms with Crippen LogP contribution in [0.4, 0.5) is 17.5 Å². The van der Waals surface area contributed by atoms with Gasteiger partial charge in [-0.25, -0.2) is 4.98 Å². The maximum atomic E-state index is 4.66. The number of benzene rings is 1. The van der Waals surface area contributed by atoms with Gasteiger partial charge < -0.3 is 14.7 Å². The second kappa shape index (κ2) is 8.85. The Kier molecular flexibility index (Phi) is 6.28. The molecule has 26 heavy (non-hydrogen) atoms. The van der Waals surface area contributed by atoms with Crippen molar-refractivity contribution >= 4 is 17.5 Å². The van der Waals surface area contributed by atoms with Gasteiger partial charge in [0.1, 0.15) is 5.82 Å². The zero-order chi connectivity index (χ0) is 18.4. The molecule has 0 radical (unpaired) electrons. The first-order valence-electron chi connectivity index (χ1n) is 9.37. The average Bonchev–Trinajstić information content (AvgIpc) is 2.69. The van der Waals surface area contributed by atoms with Crippen LogP contribution in [0.25, 0.3) is 0 Å². The quantitative estimate of drug-likeness (QED) is 0.759. The summed E-state index contributed by atoms with van der Waals surface area (Å²) in [6.45, 7) is 6.48. The highest BCUT2D eigenvalue weighted by Crippen LogP contribution is 2.16. The van der Waals surface area contributed by atoms with Gasteiger partial charge >= 0.3 is 0 Å². The van der Waals surface area contributed by atoms with Crippen LogP contribution < -0.4 is 14.7 Å². The molecule has 1 aromatic carbocycles. The first-order valence-corrected chi connectivity index (χ1v) is 9.37. The van der Waals surface area contributed by atoms with Gasteiger partial charge in [-0.2, -0.15) is 4.98 Å². The van der Waals surface area contributed by atoms with E-state index < -0.39 is 0 Å². The van der Waals surface area contributed by atoms with E-state index in [0.717, 1.165) is 51.0 Å². The zero-order valence-corrected chi connectivity index (χ0v) is 16.2. The van der Waals surface area contributed by atoms with Gasteiger partial charge in [0.15, 0.2) is 0 Å². The van der Waals surface area contributed by atoms with Gasteiger partial charge in [-0.3, -0.25) is 4.90 Å². The highest BCUT2D eigenvalue weighted by atomic mass is 15.3. The highest BCUT2D eigenvalue weighted by molar-refractivity contribution is 5.45. The van der Waals surface area contributed by atoms with Crippen molar-refractivity contribution in [3.05, 3.63) is 42.6 Å². The molecule has 6 heteroatoms. The molecule has 1 fully saturated rings. The molecule has 0 amide bonds. The van der Waals surface area contributed by atoms with Crippen molar-refractivity contribution in [3.63, 3.8) is 0 Å². The minimum Gasteiger partial charge on any atom is -0.375 e. The molecule has 140 valence electrons. The minimum absolute atomic E-state index is 0.772. The van der Waals surface area contributed by atoms with Crippen LogP contribution in [0.1, 0.15) is 6.42 Å². The monoisotopic (exact) mass is 354 g/mol. The van der Waals surface area contributed by atoms with E-state index in [1.54, 1.807) is 0 Å². The van der Waals surface area contributed by atoms with Crippen LogP contribution >= 0.6 is 0 Å². The first-order chi connectivity index (χ1) is 12.6. The van der Waals surface area contributed by atoms with E-state index in [1.165, 1.54) is 12.1 Å². The predicted octanol–water partition coefficient (Wildman–Crippen LogP) is 2.19. The lowest BCUT2D eigenvalue weighted by Gasteiger charge is -2.35. The van der Waals surface area contributed by atoms with Crippen molar-refractivity contribution in [1.82, 2.24) is 14.9 Å². The van der Waals surface area contributed by atoms with Gasteiger partial charge in [0.05, 0.1) is 0 Å². The number of para-hydroxylation sites is 1. The second-order valence-corrected chi connectivity index (χ2v) is 7.05. The van der Waals surface area contributed by atoms with Crippen LogP contribution in [0.3, 0.4) is 0 Å². The summed E-state index contributed by atoms with van der Waals surface area (Å²) in [6.07, 6.45) is 3.03. The smallest absolute Gasteiger partial charge is 0.226 e. The van der Waals surface area contributed by atoms with Crippen molar-refractivity contribution in [3.8, 4) is 0 Å². The topological polar surface area (TPSA) is 38.7 Å². The molecule has 1 aliphatic rings. The molecule has 0 aliphatic carbocycles. The van der Waals surface area contributed by atoms with Gasteiger partial charge in [0.25, 0.3) is 0 Å². The van der Waals surface area contributed by atoms with Gasteiger partial charge in [0, 0.05) is 65.8 Å². The molecular formula is C20H30N6. The Labute approximate surface area is 157 Å². The minimum atomic E-state index is 0.772. The lowest BCUT2D eigenvalue weighted by Crippen LogP contribution is -2.47. The van der Waals surface area contributed by atoms with E-state index >= 15 is 0 Å². The summed E-state index contributed by atoms with van der Waals surface area (Å²) in [5.41, 5.74) is 1.29. The van der Waals surface area contributed by atoms with Crippen molar-refractivity contribution in [2.24, 2.45) is 0 Å². The number of hydrogen-bond donors (Lipinski definition) is 0. The molecule has 2 aromatic rings. The summed E-state index contributed by atoms with van der Waals surface area (Å²) in [5, 5.41) is 0.